The number of benzene rings is 1. The average molecular weight is 212 g/mol. The molecule has 2 rings (SSSR count). The Morgan fingerprint density at radius 3 is 2.62 bits per heavy atom. The van der Waals surface area contributed by atoms with Crippen LogP contribution in [-0.4, -0.2) is 4.98 Å². The van der Waals surface area contributed by atoms with Gasteiger partial charge in [0.2, 0.25) is 0 Å². The topological polar surface area (TPSA) is 22.1 Å². The second-order valence-electron chi connectivity index (χ2n) is 2.35. The van der Waals surface area contributed by atoms with Gasteiger partial charge in [-0.25, -0.2) is 4.98 Å². The molecular formula is C9H6ClNOS. The molecule has 4 heteroatoms. The van der Waals surface area contributed by atoms with Crippen LogP contribution in [0.15, 0.2) is 36.5 Å². The lowest BCUT2D eigenvalue weighted by molar-refractivity contribution is 0.479. The molecule has 2 aromatic rings. The molecule has 1 aromatic heterocycles. The Bertz CT molecular complexity index is 388. The fourth-order valence-corrected chi connectivity index (χ4v) is 1.64. The summed E-state index contributed by atoms with van der Waals surface area (Å²) in [7, 11) is 0. The first kappa shape index (κ1) is 8.53. The van der Waals surface area contributed by atoms with E-state index in [1.165, 1.54) is 11.3 Å². The van der Waals surface area contributed by atoms with Crippen molar-refractivity contribution in [3.63, 3.8) is 0 Å². The van der Waals surface area contributed by atoms with Crippen molar-refractivity contribution in [2.75, 3.05) is 0 Å². The number of hydrogen-bond donors (Lipinski definition) is 0. The largest absolute Gasteiger partial charge is 0.431 e. The zero-order valence-corrected chi connectivity index (χ0v) is 8.18. The molecular weight excluding hydrogens is 206 g/mol. The van der Waals surface area contributed by atoms with Gasteiger partial charge in [-0.15, -0.1) is 0 Å². The fourth-order valence-electron chi connectivity index (χ4n) is 0.876. The van der Waals surface area contributed by atoms with Crippen molar-refractivity contribution in [2.45, 2.75) is 0 Å². The Hall–Kier alpha value is -1.06. The van der Waals surface area contributed by atoms with E-state index in [1.54, 1.807) is 6.20 Å². The van der Waals surface area contributed by atoms with Crippen molar-refractivity contribution in [3.8, 4) is 10.9 Å². The van der Waals surface area contributed by atoms with Crippen LogP contribution in [0.1, 0.15) is 0 Å². The lowest BCUT2D eigenvalue weighted by Crippen LogP contribution is -1.80. The maximum Gasteiger partial charge on any atom is 0.280 e. The van der Waals surface area contributed by atoms with Crippen LogP contribution in [0.4, 0.5) is 0 Å². The first-order chi connectivity index (χ1) is 6.34. The highest BCUT2D eigenvalue weighted by molar-refractivity contribution is 7.17. The monoisotopic (exact) mass is 211 g/mol. The molecule has 0 aliphatic heterocycles. The normalized spacial score (nSPS) is 9.92. The van der Waals surface area contributed by atoms with Crippen molar-refractivity contribution in [1.29, 1.82) is 0 Å². The molecule has 0 saturated heterocycles. The summed E-state index contributed by atoms with van der Waals surface area (Å²) < 4.78 is 6.05. The van der Waals surface area contributed by atoms with Crippen LogP contribution in [0.2, 0.25) is 4.34 Å². The third kappa shape index (κ3) is 2.20. The molecule has 0 amide bonds. The van der Waals surface area contributed by atoms with E-state index in [2.05, 4.69) is 4.98 Å². The van der Waals surface area contributed by atoms with Crippen molar-refractivity contribution in [2.24, 2.45) is 0 Å². The molecule has 2 nitrogen and oxygen atoms in total. The summed E-state index contributed by atoms with van der Waals surface area (Å²) >= 11 is 7.02. The summed E-state index contributed by atoms with van der Waals surface area (Å²) in [5.74, 6) is 0.772. The standard InChI is InChI=1S/C9H6ClNOS/c10-8-6-11-9(13-8)12-7-4-2-1-3-5-7/h1-6H. The van der Waals surface area contributed by atoms with Gasteiger partial charge in [-0.2, -0.15) is 0 Å². The summed E-state index contributed by atoms with van der Waals surface area (Å²) in [5.41, 5.74) is 0. The van der Waals surface area contributed by atoms with Crippen molar-refractivity contribution >= 4 is 22.9 Å². The molecule has 0 aliphatic rings. The second kappa shape index (κ2) is 3.77. The Balaban J connectivity index is 2.15. The SMILES string of the molecule is Clc1cnc(Oc2ccccc2)s1. The van der Waals surface area contributed by atoms with E-state index in [4.69, 9.17) is 16.3 Å². The third-order valence-electron chi connectivity index (χ3n) is 1.40. The van der Waals surface area contributed by atoms with Crippen LogP contribution < -0.4 is 4.74 Å². The van der Waals surface area contributed by atoms with E-state index in [0.29, 0.717) is 9.53 Å². The third-order valence-corrected chi connectivity index (χ3v) is 2.40. The zero-order chi connectivity index (χ0) is 9.10. The minimum absolute atomic E-state index is 0.566. The number of ether oxygens (including phenoxy) is 1. The van der Waals surface area contributed by atoms with E-state index < -0.39 is 0 Å². The van der Waals surface area contributed by atoms with Crippen molar-refractivity contribution in [1.82, 2.24) is 4.98 Å². The van der Waals surface area contributed by atoms with Gasteiger partial charge in [0.15, 0.2) is 0 Å². The van der Waals surface area contributed by atoms with Gasteiger partial charge in [0.05, 0.1) is 6.20 Å². The van der Waals surface area contributed by atoms with Crippen LogP contribution in [0, 0.1) is 0 Å². The average Bonchev–Trinajstić information content (AvgIpc) is 2.53. The van der Waals surface area contributed by atoms with Crippen LogP contribution in [-0.2, 0) is 0 Å². The van der Waals surface area contributed by atoms with Crippen LogP contribution in [0.25, 0.3) is 0 Å². The predicted molar refractivity (Wildman–Crippen MR) is 53.6 cm³/mol. The van der Waals surface area contributed by atoms with Gasteiger partial charge in [0.1, 0.15) is 10.1 Å². The van der Waals surface area contributed by atoms with E-state index >= 15 is 0 Å². The number of aromatic nitrogens is 1. The highest BCUT2D eigenvalue weighted by Gasteiger charge is 2.00. The van der Waals surface area contributed by atoms with Gasteiger partial charge in [-0.05, 0) is 12.1 Å². The zero-order valence-electron chi connectivity index (χ0n) is 6.61. The molecule has 0 saturated carbocycles. The molecule has 0 aliphatic carbocycles. The van der Waals surface area contributed by atoms with Crippen LogP contribution in [0.3, 0.4) is 0 Å². The second-order valence-corrected chi connectivity index (χ2v) is 3.97. The molecule has 13 heavy (non-hydrogen) atoms. The lowest BCUT2D eigenvalue weighted by Gasteiger charge is -1.98. The highest BCUT2D eigenvalue weighted by Crippen LogP contribution is 2.28. The molecule has 0 unspecified atom stereocenters. The van der Waals surface area contributed by atoms with E-state index in [0.717, 1.165) is 5.75 Å². The number of para-hydroxylation sites is 1. The lowest BCUT2D eigenvalue weighted by atomic mass is 10.3. The quantitative estimate of drug-likeness (QED) is 0.758. The Morgan fingerprint density at radius 2 is 2.00 bits per heavy atom. The van der Waals surface area contributed by atoms with Gasteiger partial charge in [0.25, 0.3) is 5.19 Å². The molecule has 0 bridgehead atoms. The van der Waals surface area contributed by atoms with Gasteiger partial charge < -0.3 is 4.74 Å². The first-order valence-corrected chi connectivity index (χ1v) is 4.88. The molecule has 1 heterocycles. The molecule has 0 fully saturated rings. The van der Waals surface area contributed by atoms with Crippen LogP contribution in [0.5, 0.6) is 10.9 Å². The van der Waals surface area contributed by atoms with E-state index in [-0.39, 0.29) is 0 Å². The predicted octanol–water partition coefficient (Wildman–Crippen LogP) is 3.59. The smallest absolute Gasteiger partial charge is 0.280 e. The Labute approximate surface area is 84.8 Å². The Kier molecular flexibility index (Phi) is 2.47. The van der Waals surface area contributed by atoms with Gasteiger partial charge >= 0.3 is 0 Å². The number of nitrogens with zero attached hydrogens (tertiary/aromatic N) is 1. The maximum absolute atomic E-state index is 5.70. The summed E-state index contributed by atoms with van der Waals surface area (Å²) in [6, 6.07) is 9.49. The van der Waals surface area contributed by atoms with Gasteiger partial charge in [-0.3, -0.25) is 0 Å². The van der Waals surface area contributed by atoms with Crippen molar-refractivity contribution < 1.29 is 4.74 Å². The number of thiazole rings is 1. The van der Waals surface area contributed by atoms with Gasteiger partial charge in [0, 0.05) is 0 Å². The number of rotatable bonds is 2. The fraction of sp³-hybridized carbons (Fsp3) is 0. The molecule has 0 N–H and O–H groups in total. The summed E-state index contributed by atoms with van der Waals surface area (Å²) in [4.78, 5) is 3.98. The molecule has 0 atom stereocenters. The summed E-state index contributed by atoms with van der Waals surface area (Å²) in [6.07, 6.45) is 1.57. The number of halogens is 1. The van der Waals surface area contributed by atoms with E-state index in [1.807, 2.05) is 30.3 Å². The minimum atomic E-state index is 0.566. The Morgan fingerprint density at radius 1 is 1.23 bits per heavy atom. The molecule has 1 aromatic carbocycles. The summed E-state index contributed by atoms with van der Waals surface area (Å²) in [5, 5.41) is 0.566. The highest BCUT2D eigenvalue weighted by atomic mass is 35.5. The molecule has 0 radical (unpaired) electrons. The van der Waals surface area contributed by atoms with Crippen molar-refractivity contribution in [3.05, 3.63) is 40.9 Å². The number of hydrogen-bond acceptors (Lipinski definition) is 3. The molecule has 66 valence electrons. The van der Waals surface area contributed by atoms with Gasteiger partial charge in [-0.1, -0.05) is 41.1 Å². The maximum atomic E-state index is 5.70. The summed E-state index contributed by atoms with van der Waals surface area (Å²) in [6.45, 7) is 0. The van der Waals surface area contributed by atoms with Crippen LogP contribution >= 0.6 is 22.9 Å². The first-order valence-electron chi connectivity index (χ1n) is 3.69. The minimum Gasteiger partial charge on any atom is -0.431 e. The van der Waals surface area contributed by atoms with E-state index in [9.17, 15) is 0 Å². The molecule has 0 spiro atoms.